The van der Waals surface area contributed by atoms with Crippen molar-refractivity contribution in [2.75, 3.05) is 26.8 Å². The van der Waals surface area contributed by atoms with Crippen LogP contribution in [0.25, 0.3) is 0 Å². The number of rotatable bonds is 6. The molecular formula is C11H18BrN3OS. The molecule has 0 aromatic carbocycles. The first-order chi connectivity index (χ1) is 8.26. The first-order valence-corrected chi connectivity index (χ1v) is 7.13. The largest absolute Gasteiger partial charge is 0.380 e. The fourth-order valence-corrected chi connectivity index (χ4v) is 2.65. The maximum atomic E-state index is 5.25. The van der Waals surface area contributed by atoms with Gasteiger partial charge in [0.1, 0.15) is 0 Å². The van der Waals surface area contributed by atoms with Gasteiger partial charge in [0.25, 0.3) is 0 Å². The highest BCUT2D eigenvalue weighted by atomic mass is 79.9. The molecule has 0 fully saturated rings. The van der Waals surface area contributed by atoms with Gasteiger partial charge in [0.05, 0.1) is 16.9 Å². The van der Waals surface area contributed by atoms with Crippen molar-refractivity contribution in [3.63, 3.8) is 0 Å². The van der Waals surface area contributed by atoms with Gasteiger partial charge in [-0.05, 0) is 35.0 Å². The number of hydrogen-bond acceptors (Lipinski definition) is 3. The number of guanidine groups is 1. The summed E-state index contributed by atoms with van der Waals surface area (Å²) in [5.74, 6) is 0.800. The van der Waals surface area contributed by atoms with Crippen molar-refractivity contribution >= 4 is 33.2 Å². The minimum atomic E-state index is 0.696. The third kappa shape index (κ3) is 6.05. The lowest BCUT2D eigenvalue weighted by atomic mass is 10.5. The van der Waals surface area contributed by atoms with Crippen LogP contribution in [0, 0.1) is 0 Å². The first-order valence-electron chi connectivity index (χ1n) is 5.52. The van der Waals surface area contributed by atoms with Gasteiger partial charge in [-0.15, -0.1) is 11.3 Å². The maximum Gasteiger partial charge on any atom is 0.191 e. The van der Waals surface area contributed by atoms with Crippen LogP contribution < -0.4 is 10.6 Å². The Kier molecular flexibility index (Phi) is 7.23. The van der Waals surface area contributed by atoms with Crippen molar-refractivity contribution in [3.05, 3.63) is 20.8 Å². The van der Waals surface area contributed by atoms with Crippen LogP contribution in [0.5, 0.6) is 0 Å². The summed E-state index contributed by atoms with van der Waals surface area (Å²) in [6.45, 7) is 4.98. The van der Waals surface area contributed by atoms with Crippen LogP contribution in [0.1, 0.15) is 11.8 Å². The molecule has 0 aliphatic heterocycles. The third-order valence-corrected chi connectivity index (χ3v) is 3.65. The number of thiophene rings is 1. The molecule has 0 unspecified atom stereocenters. The summed E-state index contributed by atoms with van der Waals surface area (Å²) in [4.78, 5) is 5.41. The monoisotopic (exact) mass is 319 g/mol. The summed E-state index contributed by atoms with van der Waals surface area (Å²) in [6.07, 6.45) is 0. The lowest BCUT2D eigenvalue weighted by molar-refractivity contribution is 0.152. The van der Waals surface area contributed by atoms with Crippen LogP contribution >= 0.6 is 27.3 Å². The van der Waals surface area contributed by atoms with Gasteiger partial charge in [0.15, 0.2) is 5.96 Å². The fraction of sp³-hybridized carbons (Fsp3) is 0.545. The summed E-state index contributed by atoms with van der Waals surface area (Å²) in [7, 11) is 1.76. The molecule has 0 aliphatic rings. The number of hydrogen-bond donors (Lipinski definition) is 2. The van der Waals surface area contributed by atoms with Gasteiger partial charge in [-0.3, -0.25) is 4.99 Å². The van der Waals surface area contributed by atoms with Crippen molar-refractivity contribution in [3.8, 4) is 0 Å². The highest BCUT2D eigenvalue weighted by Crippen LogP contribution is 2.21. The van der Waals surface area contributed by atoms with E-state index in [1.54, 1.807) is 18.4 Å². The lowest BCUT2D eigenvalue weighted by Crippen LogP contribution is -2.38. The van der Waals surface area contributed by atoms with Crippen molar-refractivity contribution in [2.24, 2.45) is 4.99 Å². The minimum Gasteiger partial charge on any atom is -0.380 e. The van der Waals surface area contributed by atoms with Gasteiger partial charge < -0.3 is 15.4 Å². The second kappa shape index (κ2) is 8.49. The minimum absolute atomic E-state index is 0.696. The number of aliphatic imine (C=N–C) groups is 1. The average Bonchev–Trinajstić information content (AvgIpc) is 2.74. The quantitative estimate of drug-likeness (QED) is 0.480. The predicted octanol–water partition coefficient (Wildman–Crippen LogP) is 2.21. The molecule has 6 heteroatoms. The Morgan fingerprint density at radius 2 is 2.29 bits per heavy atom. The number of ether oxygens (including phenoxy) is 1. The van der Waals surface area contributed by atoms with Crippen LogP contribution in [-0.2, 0) is 11.3 Å². The molecular weight excluding hydrogens is 302 g/mol. The van der Waals surface area contributed by atoms with E-state index >= 15 is 0 Å². The van der Waals surface area contributed by atoms with E-state index in [0.29, 0.717) is 6.61 Å². The molecule has 17 heavy (non-hydrogen) atoms. The van der Waals surface area contributed by atoms with Gasteiger partial charge in [0.2, 0.25) is 0 Å². The molecule has 0 saturated heterocycles. The summed E-state index contributed by atoms with van der Waals surface area (Å²) < 4.78 is 6.39. The van der Waals surface area contributed by atoms with Crippen LogP contribution in [0.15, 0.2) is 20.9 Å². The second-order valence-electron chi connectivity index (χ2n) is 3.26. The average molecular weight is 320 g/mol. The molecule has 96 valence electrons. The fourth-order valence-electron chi connectivity index (χ4n) is 1.22. The lowest BCUT2D eigenvalue weighted by Gasteiger charge is -2.10. The van der Waals surface area contributed by atoms with E-state index in [0.717, 1.165) is 29.4 Å². The van der Waals surface area contributed by atoms with E-state index in [-0.39, 0.29) is 0 Å². The topological polar surface area (TPSA) is 45.6 Å². The van der Waals surface area contributed by atoms with Crippen molar-refractivity contribution in [1.82, 2.24) is 10.6 Å². The Labute approximate surface area is 115 Å². The van der Waals surface area contributed by atoms with E-state index in [9.17, 15) is 0 Å². The van der Waals surface area contributed by atoms with Gasteiger partial charge >= 0.3 is 0 Å². The smallest absolute Gasteiger partial charge is 0.191 e. The molecule has 1 aromatic heterocycles. The molecule has 0 bridgehead atoms. The third-order valence-electron chi connectivity index (χ3n) is 2.03. The van der Waals surface area contributed by atoms with Crippen LogP contribution in [-0.4, -0.2) is 32.8 Å². The van der Waals surface area contributed by atoms with Crippen molar-refractivity contribution in [2.45, 2.75) is 13.5 Å². The second-order valence-corrected chi connectivity index (χ2v) is 5.80. The number of halogens is 1. The van der Waals surface area contributed by atoms with Gasteiger partial charge in [0, 0.05) is 25.1 Å². The molecule has 1 aromatic rings. The molecule has 1 rings (SSSR count). The maximum absolute atomic E-state index is 5.25. The van der Waals surface area contributed by atoms with E-state index in [1.165, 1.54) is 4.88 Å². The number of nitrogens with zero attached hydrogens (tertiary/aromatic N) is 1. The molecule has 1 heterocycles. The summed E-state index contributed by atoms with van der Waals surface area (Å²) >= 11 is 5.16. The highest BCUT2D eigenvalue weighted by molar-refractivity contribution is 9.11. The Bertz CT molecular complexity index is 354. The first kappa shape index (κ1) is 14.5. The molecule has 0 amide bonds. The van der Waals surface area contributed by atoms with Crippen molar-refractivity contribution < 1.29 is 4.74 Å². The molecule has 0 saturated carbocycles. The van der Waals surface area contributed by atoms with E-state index < -0.39 is 0 Å². The predicted molar refractivity (Wildman–Crippen MR) is 76.7 cm³/mol. The Morgan fingerprint density at radius 3 is 2.88 bits per heavy atom. The van der Waals surface area contributed by atoms with E-state index in [1.807, 2.05) is 13.0 Å². The highest BCUT2D eigenvalue weighted by Gasteiger charge is 2.00. The summed E-state index contributed by atoms with van der Waals surface area (Å²) in [5, 5.41) is 6.44. The van der Waals surface area contributed by atoms with Crippen LogP contribution in [0.2, 0.25) is 0 Å². The zero-order chi connectivity index (χ0) is 12.5. The van der Waals surface area contributed by atoms with Gasteiger partial charge in [-0.1, -0.05) is 0 Å². The van der Waals surface area contributed by atoms with E-state index in [2.05, 4.69) is 37.6 Å². The van der Waals surface area contributed by atoms with E-state index in [4.69, 9.17) is 4.74 Å². The summed E-state index contributed by atoms with van der Waals surface area (Å²) in [6, 6.07) is 4.14. The molecule has 0 aliphatic carbocycles. The molecule has 0 atom stereocenters. The Morgan fingerprint density at radius 1 is 1.47 bits per heavy atom. The van der Waals surface area contributed by atoms with Crippen LogP contribution in [0.3, 0.4) is 0 Å². The van der Waals surface area contributed by atoms with Gasteiger partial charge in [-0.2, -0.15) is 0 Å². The molecule has 4 nitrogen and oxygen atoms in total. The Balaban J connectivity index is 2.23. The zero-order valence-corrected chi connectivity index (χ0v) is 12.5. The van der Waals surface area contributed by atoms with Crippen molar-refractivity contribution in [1.29, 1.82) is 0 Å². The Hall–Kier alpha value is -0.590. The summed E-state index contributed by atoms with van der Waals surface area (Å²) in [5.41, 5.74) is 0. The number of nitrogens with one attached hydrogen (secondary N) is 2. The molecule has 0 radical (unpaired) electrons. The molecule has 2 N–H and O–H groups in total. The zero-order valence-electron chi connectivity index (χ0n) is 10.1. The van der Waals surface area contributed by atoms with Gasteiger partial charge in [-0.25, -0.2) is 0 Å². The van der Waals surface area contributed by atoms with Crippen LogP contribution in [0.4, 0.5) is 0 Å². The standard InChI is InChI=1S/C11H18BrN3OS/c1-3-16-7-6-14-11(13-2)15-8-9-4-5-10(12)17-9/h4-5H,3,6-8H2,1-2H3,(H2,13,14,15). The molecule has 0 spiro atoms. The SMILES string of the molecule is CCOCCNC(=NC)NCc1ccc(Br)s1. The normalized spacial score (nSPS) is 11.6.